The van der Waals surface area contributed by atoms with Crippen molar-refractivity contribution in [3.05, 3.63) is 100 Å². The Morgan fingerprint density at radius 1 is 1.03 bits per heavy atom. The second-order valence-corrected chi connectivity index (χ2v) is 7.75. The minimum Gasteiger partial charge on any atom is -0.496 e. The Balaban J connectivity index is 1.72. The zero-order valence-electron chi connectivity index (χ0n) is 19.0. The number of carbonyl (C=O) groups excluding carboxylic acids is 4. The van der Waals surface area contributed by atoms with E-state index in [9.17, 15) is 29.3 Å². The van der Waals surface area contributed by atoms with Crippen LogP contribution in [0.1, 0.15) is 27.1 Å². The molecule has 3 aromatic rings. The van der Waals surface area contributed by atoms with E-state index in [0.29, 0.717) is 5.69 Å². The molecule has 4 amide bonds. The Labute approximate surface area is 205 Å². The van der Waals surface area contributed by atoms with Gasteiger partial charge in [0, 0.05) is 17.7 Å². The summed E-state index contributed by atoms with van der Waals surface area (Å²) < 4.78 is 5.25. The van der Waals surface area contributed by atoms with Crippen molar-refractivity contribution in [3.63, 3.8) is 0 Å². The van der Waals surface area contributed by atoms with Gasteiger partial charge in [-0.3, -0.25) is 34.7 Å². The molecular weight excluding hydrogens is 468 g/mol. The van der Waals surface area contributed by atoms with E-state index in [-0.39, 0.29) is 29.0 Å². The lowest BCUT2D eigenvalue weighted by atomic mass is 10.1. The first kappa shape index (κ1) is 24.1. The Hall–Kier alpha value is -5.06. The molecule has 0 aliphatic carbocycles. The van der Waals surface area contributed by atoms with E-state index in [4.69, 9.17) is 4.74 Å². The van der Waals surface area contributed by atoms with Gasteiger partial charge in [0.1, 0.15) is 11.8 Å². The molecule has 1 unspecified atom stereocenters. The number of ether oxygens (including phenoxy) is 1. The summed E-state index contributed by atoms with van der Waals surface area (Å²) in [5.41, 5.74) is 2.31. The van der Waals surface area contributed by atoms with Crippen molar-refractivity contribution >= 4 is 35.0 Å². The molecule has 1 aliphatic rings. The Bertz CT molecular complexity index is 1360. The number of rotatable bonds is 6. The van der Waals surface area contributed by atoms with Crippen molar-refractivity contribution in [1.29, 1.82) is 0 Å². The van der Waals surface area contributed by atoms with Crippen molar-refractivity contribution in [3.8, 4) is 5.75 Å². The summed E-state index contributed by atoms with van der Waals surface area (Å²) in [4.78, 5) is 64.2. The molecular formula is C25H20N4O7. The normalized spacial score (nSPS) is 14.9. The van der Waals surface area contributed by atoms with Crippen LogP contribution in [-0.2, 0) is 9.59 Å². The zero-order chi connectivity index (χ0) is 25.8. The highest BCUT2D eigenvalue weighted by Crippen LogP contribution is 2.27. The van der Waals surface area contributed by atoms with E-state index in [0.717, 1.165) is 16.0 Å². The van der Waals surface area contributed by atoms with Gasteiger partial charge in [-0.25, -0.2) is 9.91 Å². The molecule has 11 heteroatoms. The lowest BCUT2D eigenvalue weighted by Gasteiger charge is -2.28. The van der Waals surface area contributed by atoms with Crippen LogP contribution in [0.5, 0.6) is 5.75 Å². The highest BCUT2D eigenvalue weighted by Gasteiger charge is 2.46. The van der Waals surface area contributed by atoms with Crippen LogP contribution in [0.3, 0.4) is 0 Å². The summed E-state index contributed by atoms with van der Waals surface area (Å²) in [6, 6.07) is 17.9. The molecule has 0 aromatic heterocycles. The molecule has 182 valence electrons. The number of para-hydroxylation sites is 2. The van der Waals surface area contributed by atoms with Crippen LogP contribution in [0.25, 0.3) is 0 Å². The fourth-order valence-corrected chi connectivity index (χ4v) is 3.82. The van der Waals surface area contributed by atoms with Crippen molar-refractivity contribution in [2.24, 2.45) is 0 Å². The van der Waals surface area contributed by atoms with E-state index in [1.54, 1.807) is 42.5 Å². The predicted octanol–water partition coefficient (Wildman–Crippen LogP) is 2.72. The number of nitrogens with one attached hydrogen (secondary N) is 1. The molecule has 4 rings (SSSR count). The van der Waals surface area contributed by atoms with E-state index >= 15 is 0 Å². The summed E-state index contributed by atoms with van der Waals surface area (Å²) in [5, 5.41) is 11.9. The molecule has 1 fully saturated rings. The number of benzene rings is 3. The molecule has 11 nitrogen and oxygen atoms in total. The highest BCUT2D eigenvalue weighted by molar-refractivity contribution is 6.23. The van der Waals surface area contributed by atoms with Crippen LogP contribution < -0.4 is 15.1 Å². The quantitative estimate of drug-likeness (QED) is 0.320. The lowest BCUT2D eigenvalue weighted by Crippen LogP contribution is -2.54. The molecule has 0 radical (unpaired) electrons. The fraction of sp³-hybridized carbons (Fsp3) is 0.120. The highest BCUT2D eigenvalue weighted by atomic mass is 16.6. The topological polar surface area (TPSA) is 139 Å². The number of nitro benzene ring substituents is 1. The Morgan fingerprint density at radius 3 is 2.42 bits per heavy atom. The van der Waals surface area contributed by atoms with Gasteiger partial charge in [0.15, 0.2) is 0 Å². The van der Waals surface area contributed by atoms with Gasteiger partial charge in [-0.1, -0.05) is 36.4 Å². The van der Waals surface area contributed by atoms with Gasteiger partial charge < -0.3 is 4.74 Å². The first-order valence-corrected chi connectivity index (χ1v) is 10.8. The Morgan fingerprint density at radius 2 is 1.72 bits per heavy atom. The van der Waals surface area contributed by atoms with Gasteiger partial charge in [-0.05, 0) is 30.3 Å². The van der Waals surface area contributed by atoms with Crippen LogP contribution >= 0.6 is 0 Å². The molecule has 0 saturated carbocycles. The van der Waals surface area contributed by atoms with E-state index in [1.807, 2.05) is 0 Å². The van der Waals surface area contributed by atoms with Gasteiger partial charge in [0.2, 0.25) is 5.91 Å². The molecule has 1 atom stereocenters. The van der Waals surface area contributed by atoms with Crippen LogP contribution in [-0.4, -0.2) is 46.7 Å². The number of carbonyl (C=O) groups is 4. The van der Waals surface area contributed by atoms with Gasteiger partial charge in [0.25, 0.3) is 23.4 Å². The number of nitrogens with zero attached hydrogens (tertiary/aromatic N) is 3. The number of hydrogen-bond acceptors (Lipinski definition) is 7. The number of amides is 4. The molecule has 36 heavy (non-hydrogen) atoms. The maximum Gasteiger partial charge on any atom is 0.276 e. The van der Waals surface area contributed by atoms with Crippen molar-refractivity contribution in [2.45, 2.75) is 12.5 Å². The smallest absolute Gasteiger partial charge is 0.276 e. The van der Waals surface area contributed by atoms with Crippen molar-refractivity contribution in [1.82, 2.24) is 10.4 Å². The number of hydrogen-bond donors (Lipinski definition) is 1. The minimum absolute atomic E-state index is 0.0396. The predicted molar refractivity (Wildman–Crippen MR) is 127 cm³/mol. The van der Waals surface area contributed by atoms with Gasteiger partial charge in [-0.2, -0.15) is 0 Å². The first-order chi connectivity index (χ1) is 17.3. The standard InChI is InChI=1S/C25H20N4O7/c1-36-21-13-6-5-12-19(21)24(32)28(26-23(31)16-8-7-11-18(14-16)29(34)35)20-15-22(30)27(25(20)33)17-9-3-2-4-10-17/h2-14,20H,15H2,1H3,(H,26,31). The number of methoxy groups -OCH3 is 1. The summed E-state index contributed by atoms with van der Waals surface area (Å²) in [7, 11) is 1.36. The van der Waals surface area contributed by atoms with Gasteiger partial charge in [0.05, 0.1) is 29.7 Å². The molecule has 0 spiro atoms. The third-order valence-electron chi connectivity index (χ3n) is 5.55. The lowest BCUT2D eigenvalue weighted by molar-refractivity contribution is -0.384. The number of hydrazine groups is 1. The fourth-order valence-electron chi connectivity index (χ4n) is 3.82. The van der Waals surface area contributed by atoms with Crippen LogP contribution in [0, 0.1) is 10.1 Å². The molecule has 1 aliphatic heterocycles. The molecule has 1 heterocycles. The van der Waals surface area contributed by atoms with Gasteiger partial charge in [-0.15, -0.1) is 0 Å². The average molecular weight is 488 g/mol. The Kier molecular flexibility index (Phi) is 6.72. The maximum absolute atomic E-state index is 13.6. The van der Waals surface area contributed by atoms with Crippen LogP contribution in [0.15, 0.2) is 78.9 Å². The summed E-state index contributed by atoms with van der Waals surface area (Å²) >= 11 is 0. The van der Waals surface area contributed by atoms with E-state index in [1.165, 1.54) is 37.4 Å². The van der Waals surface area contributed by atoms with E-state index < -0.39 is 34.6 Å². The van der Waals surface area contributed by atoms with Crippen molar-refractivity contribution < 1.29 is 28.8 Å². The SMILES string of the molecule is COc1ccccc1C(=O)N(NC(=O)c1cccc([N+](=O)[O-])c1)C1CC(=O)N(c2ccccc2)C1=O. The first-order valence-electron chi connectivity index (χ1n) is 10.8. The summed E-state index contributed by atoms with van der Waals surface area (Å²) in [6.45, 7) is 0. The third kappa shape index (κ3) is 4.62. The number of anilines is 1. The second-order valence-electron chi connectivity index (χ2n) is 7.75. The monoisotopic (exact) mass is 488 g/mol. The average Bonchev–Trinajstić information content (AvgIpc) is 3.20. The van der Waals surface area contributed by atoms with Gasteiger partial charge >= 0.3 is 0 Å². The minimum atomic E-state index is -1.36. The van der Waals surface area contributed by atoms with Crippen LogP contribution in [0.4, 0.5) is 11.4 Å². The maximum atomic E-state index is 13.6. The number of non-ortho nitro benzene ring substituents is 1. The zero-order valence-corrected chi connectivity index (χ0v) is 19.0. The molecule has 3 aromatic carbocycles. The molecule has 1 saturated heterocycles. The van der Waals surface area contributed by atoms with Crippen molar-refractivity contribution in [2.75, 3.05) is 12.0 Å². The van der Waals surface area contributed by atoms with Crippen LogP contribution in [0.2, 0.25) is 0 Å². The summed E-state index contributed by atoms with van der Waals surface area (Å²) in [6.07, 6.45) is -0.385. The largest absolute Gasteiger partial charge is 0.496 e. The summed E-state index contributed by atoms with van der Waals surface area (Å²) in [5.74, 6) is -2.76. The molecule has 1 N–H and O–H groups in total. The van der Waals surface area contributed by atoms with E-state index in [2.05, 4.69) is 5.43 Å². The second kappa shape index (κ2) is 10.1. The third-order valence-corrected chi connectivity index (χ3v) is 5.55. The number of imide groups is 1. The number of nitro groups is 1. The molecule has 0 bridgehead atoms.